The predicted molar refractivity (Wildman–Crippen MR) is 62.6 cm³/mol. The second-order valence-corrected chi connectivity index (χ2v) is 4.31. The van der Waals surface area contributed by atoms with Crippen LogP contribution in [-0.2, 0) is 9.53 Å². The minimum Gasteiger partial charge on any atom is -0.462 e. The fourth-order valence-electron chi connectivity index (χ4n) is 1.34. The van der Waals surface area contributed by atoms with E-state index < -0.39 is 29.3 Å². The van der Waals surface area contributed by atoms with Crippen molar-refractivity contribution in [2.24, 2.45) is 5.73 Å². The highest BCUT2D eigenvalue weighted by Gasteiger charge is 2.49. The quantitative estimate of drug-likeness (QED) is 0.866. The van der Waals surface area contributed by atoms with Gasteiger partial charge in [-0.15, -0.1) is 0 Å². The molecule has 0 bridgehead atoms. The molecule has 1 aromatic rings. The lowest BCUT2D eigenvalue weighted by atomic mass is 10.0. The van der Waals surface area contributed by atoms with Crippen molar-refractivity contribution in [2.75, 3.05) is 6.61 Å². The number of alkyl halides is 2. The number of carbonyl (C=O) groups excluding carboxylic acids is 1. The number of benzene rings is 1. The molecule has 1 atom stereocenters. The van der Waals surface area contributed by atoms with Crippen molar-refractivity contribution in [1.82, 2.24) is 0 Å². The molecule has 0 amide bonds. The van der Waals surface area contributed by atoms with Crippen LogP contribution in [0.5, 0.6) is 0 Å². The summed E-state index contributed by atoms with van der Waals surface area (Å²) in [5, 5.41) is 0. The van der Waals surface area contributed by atoms with Gasteiger partial charge in [0.15, 0.2) is 0 Å². The summed E-state index contributed by atoms with van der Waals surface area (Å²) in [6, 6.07) is 1.56. The summed E-state index contributed by atoms with van der Waals surface area (Å²) in [4.78, 5) is 11.1. The van der Waals surface area contributed by atoms with Gasteiger partial charge in [0, 0.05) is 10.0 Å². The van der Waals surface area contributed by atoms with Crippen LogP contribution >= 0.6 is 15.9 Å². The van der Waals surface area contributed by atoms with Crippen LogP contribution in [0.25, 0.3) is 0 Å². The third-order valence-electron chi connectivity index (χ3n) is 2.25. The Hall–Kier alpha value is -1.08. The topological polar surface area (TPSA) is 52.3 Å². The molecule has 0 aromatic heterocycles. The van der Waals surface area contributed by atoms with Crippen LogP contribution in [0.15, 0.2) is 22.7 Å². The minimum atomic E-state index is -4.00. The number of hydrogen-bond acceptors (Lipinski definition) is 3. The molecule has 0 saturated carbocycles. The van der Waals surface area contributed by atoms with Gasteiger partial charge in [-0.3, -0.25) is 0 Å². The first-order valence-electron chi connectivity index (χ1n) is 5.06. The Kier molecular flexibility index (Phi) is 4.75. The van der Waals surface area contributed by atoms with Crippen LogP contribution in [0.3, 0.4) is 0 Å². The molecule has 0 aliphatic carbocycles. The van der Waals surface area contributed by atoms with Crippen LogP contribution in [0.1, 0.15) is 18.5 Å². The molecular weight excluding hydrogens is 315 g/mol. The third-order valence-corrected chi connectivity index (χ3v) is 2.94. The minimum absolute atomic E-state index is 0.0685. The Morgan fingerprint density at radius 2 is 2.17 bits per heavy atom. The third kappa shape index (κ3) is 2.84. The van der Waals surface area contributed by atoms with Gasteiger partial charge in [-0.25, -0.2) is 9.18 Å². The van der Waals surface area contributed by atoms with Gasteiger partial charge in [0.2, 0.25) is 0 Å². The number of ether oxygens (including phenoxy) is 1. The normalized spacial score (nSPS) is 13.2. The summed E-state index contributed by atoms with van der Waals surface area (Å²) in [5.74, 6) is -6.69. The summed E-state index contributed by atoms with van der Waals surface area (Å²) >= 11 is 2.92. The zero-order valence-electron chi connectivity index (χ0n) is 9.42. The molecular formula is C11H11BrF3NO2. The molecule has 1 aromatic carbocycles. The van der Waals surface area contributed by atoms with Crippen molar-refractivity contribution in [1.29, 1.82) is 0 Å². The van der Waals surface area contributed by atoms with E-state index in [0.29, 0.717) is 0 Å². The van der Waals surface area contributed by atoms with Crippen molar-refractivity contribution >= 4 is 21.9 Å². The highest BCUT2D eigenvalue weighted by Crippen LogP contribution is 2.35. The standard InChI is InChI=1S/C11H11BrF3NO2/c1-2-18-10(17)11(14,15)9(16)8-6(12)4-3-5-7(8)13/h3-5,9H,2,16H2,1H3/t9-/m0/s1. The summed E-state index contributed by atoms with van der Waals surface area (Å²) in [6.45, 7) is 1.18. The molecule has 0 heterocycles. The Bertz CT molecular complexity index is 434. The van der Waals surface area contributed by atoms with Crippen molar-refractivity contribution in [3.8, 4) is 0 Å². The number of esters is 1. The summed E-state index contributed by atoms with van der Waals surface area (Å²) in [7, 11) is 0. The van der Waals surface area contributed by atoms with Gasteiger partial charge in [0.05, 0.1) is 6.61 Å². The molecule has 0 saturated heterocycles. The van der Waals surface area contributed by atoms with Gasteiger partial charge in [0.1, 0.15) is 11.9 Å². The van der Waals surface area contributed by atoms with Gasteiger partial charge in [-0.05, 0) is 19.1 Å². The molecule has 0 fully saturated rings. The number of nitrogens with two attached hydrogens (primary N) is 1. The molecule has 3 nitrogen and oxygen atoms in total. The van der Waals surface area contributed by atoms with Gasteiger partial charge >= 0.3 is 11.9 Å². The van der Waals surface area contributed by atoms with E-state index in [4.69, 9.17) is 5.73 Å². The van der Waals surface area contributed by atoms with E-state index in [1.54, 1.807) is 0 Å². The Balaban J connectivity index is 3.13. The highest BCUT2D eigenvalue weighted by atomic mass is 79.9. The summed E-state index contributed by atoms with van der Waals surface area (Å²) in [5.41, 5.74) is 4.82. The van der Waals surface area contributed by atoms with E-state index in [1.807, 2.05) is 0 Å². The molecule has 0 unspecified atom stereocenters. The number of carbonyl (C=O) groups is 1. The second kappa shape index (κ2) is 5.71. The molecule has 0 aliphatic rings. The Labute approximate surface area is 110 Å². The van der Waals surface area contributed by atoms with E-state index in [2.05, 4.69) is 20.7 Å². The zero-order chi connectivity index (χ0) is 13.9. The monoisotopic (exact) mass is 325 g/mol. The van der Waals surface area contributed by atoms with E-state index in [-0.39, 0.29) is 11.1 Å². The molecule has 2 N–H and O–H groups in total. The smallest absolute Gasteiger partial charge is 0.379 e. The van der Waals surface area contributed by atoms with Crippen molar-refractivity contribution < 1.29 is 22.7 Å². The molecule has 100 valence electrons. The molecule has 0 spiro atoms. The lowest BCUT2D eigenvalue weighted by Gasteiger charge is -2.23. The molecule has 7 heteroatoms. The van der Waals surface area contributed by atoms with Crippen LogP contribution in [0.2, 0.25) is 0 Å². The van der Waals surface area contributed by atoms with E-state index in [9.17, 15) is 18.0 Å². The zero-order valence-corrected chi connectivity index (χ0v) is 11.0. The predicted octanol–water partition coefficient (Wildman–Crippen LogP) is 2.79. The van der Waals surface area contributed by atoms with Crippen LogP contribution in [-0.4, -0.2) is 18.5 Å². The highest BCUT2D eigenvalue weighted by molar-refractivity contribution is 9.10. The largest absolute Gasteiger partial charge is 0.462 e. The summed E-state index contributed by atoms with van der Waals surface area (Å²) in [6.07, 6.45) is 0. The lowest BCUT2D eigenvalue weighted by Crippen LogP contribution is -2.42. The van der Waals surface area contributed by atoms with Crippen molar-refractivity contribution in [3.05, 3.63) is 34.1 Å². The fraction of sp³-hybridized carbons (Fsp3) is 0.364. The van der Waals surface area contributed by atoms with Gasteiger partial charge < -0.3 is 10.5 Å². The molecule has 0 radical (unpaired) electrons. The maximum Gasteiger partial charge on any atom is 0.379 e. The Morgan fingerprint density at radius 1 is 1.56 bits per heavy atom. The first-order valence-corrected chi connectivity index (χ1v) is 5.86. The number of rotatable bonds is 4. The number of hydrogen-bond donors (Lipinski definition) is 1. The van der Waals surface area contributed by atoms with Crippen LogP contribution < -0.4 is 5.73 Å². The molecule has 18 heavy (non-hydrogen) atoms. The van der Waals surface area contributed by atoms with Crippen molar-refractivity contribution in [2.45, 2.75) is 18.9 Å². The lowest BCUT2D eigenvalue weighted by molar-refractivity contribution is -0.174. The average Bonchev–Trinajstić information content (AvgIpc) is 2.28. The average molecular weight is 326 g/mol. The molecule has 0 aliphatic heterocycles. The first-order chi connectivity index (χ1) is 8.32. The molecule has 1 rings (SSSR count). The fourth-order valence-corrected chi connectivity index (χ4v) is 1.93. The first kappa shape index (κ1) is 15.0. The van der Waals surface area contributed by atoms with Gasteiger partial charge in [0.25, 0.3) is 0 Å². The van der Waals surface area contributed by atoms with E-state index in [1.165, 1.54) is 19.1 Å². The Morgan fingerprint density at radius 3 is 2.67 bits per heavy atom. The summed E-state index contributed by atoms with van der Waals surface area (Å²) < 4.78 is 45.1. The number of halogens is 4. The van der Waals surface area contributed by atoms with Crippen LogP contribution in [0.4, 0.5) is 13.2 Å². The van der Waals surface area contributed by atoms with Crippen molar-refractivity contribution in [3.63, 3.8) is 0 Å². The van der Waals surface area contributed by atoms with Gasteiger partial charge in [-0.1, -0.05) is 22.0 Å². The maximum atomic E-state index is 13.7. The second-order valence-electron chi connectivity index (χ2n) is 3.46. The van der Waals surface area contributed by atoms with E-state index in [0.717, 1.165) is 6.07 Å². The van der Waals surface area contributed by atoms with Gasteiger partial charge in [-0.2, -0.15) is 8.78 Å². The maximum absolute atomic E-state index is 13.7. The SMILES string of the molecule is CCOC(=O)C(F)(F)[C@@H](N)c1c(F)cccc1Br. The van der Waals surface area contributed by atoms with E-state index >= 15 is 0 Å². The van der Waals surface area contributed by atoms with Crippen LogP contribution in [0, 0.1) is 5.82 Å².